The quantitative estimate of drug-likeness (QED) is 0.146. The van der Waals surface area contributed by atoms with E-state index in [2.05, 4.69) is 26.0 Å². The van der Waals surface area contributed by atoms with Gasteiger partial charge in [-0.2, -0.15) is 0 Å². The molecule has 0 aromatic carbocycles. The third kappa shape index (κ3) is 11.5. The zero-order valence-electron chi connectivity index (χ0n) is 18.4. The zero-order valence-corrected chi connectivity index (χ0v) is 36.8. The van der Waals surface area contributed by atoms with Crippen LogP contribution in [-0.4, -0.2) is 19.9 Å². The number of hydrogen-bond donors (Lipinski definition) is 3. The Balaban J connectivity index is -0.000000333. The van der Waals surface area contributed by atoms with Crippen molar-refractivity contribution in [2.24, 2.45) is 5.73 Å². The summed E-state index contributed by atoms with van der Waals surface area (Å²) in [6, 6.07) is 14.3. The first-order chi connectivity index (χ1) is 12.7. The van der Waals surface area contributed by atoms with E-state index in [9.17, 15) is 0 Å². The standard InChI is InChI=1S/C21H17N5.6BrH.3Zn/c22-12-13-7-20-10-18-4-3-16(24-18)8-14-1-2-15(23-14)9-17-5-6-19(25-17)11-21(13)26-20;;;;;;;;;/h1-11,23,26H,12,22H2;6*1H;;;/q;;;;;;;3*+2/p-6. The van der Waals surface area contributed by atoms with E-state index in [0.29, 0.717) is 6.54 Å². The minimum absolute atomic E-state index is 0. The number of nitrogens with two attached hydrogens (primary N) is 1. The Morgan fingerprint density at radius 1 is 0.543 bits per heavy atom. The van der Waals surface area contributed by atoms with Crippen LogP contribution in [0.15, 0.2) is 42.5 Å². The molecule has 0 spiro atoms. The van der Waals surface area contributed by atoms with Gasteiger partial charge >= 0.3 is 58.4 Å². The first-order valence-corrected chi connectivity index (χ1v) is 8.53. The number of aromatic nitrogens is 4. The van der Waals surface area contributed by atoms with Crippen LogP contribution in [0.1, 0.15) is 28.3 Å². The minimum atomic E-state index is 0. The van der Waals surface area contributed by atoms with Gasteiger partial charge in [0.05, 0.1) is 22.8 Å². The maximum atomic E-state index is 5.92. The number of aromatic amines is 2. The molecule has 5 heterocycles. The van der Waals surface area contributed by atoms with E-state index in [0.717, 1.165) is 50.4 Å². The Kier molecular flexibility index (Phi) is 27.9. The van der Waals surface area contributed by atoms with E-state index in [1.54, 1.807) is 0 Å². The fourth-order valence-electron chi connectivity index (χ4n) is 3.25. The molecule has 0 radical (unpaired) electrons. The maximum Gasteiger partial charge on any atom is 2.00 e. The van der Waals surface area contributed by atoms with E-state index in [-0.39, 0.29) is 160 Å². The van der Waals surface area contributed by atoms with Crippen molar-refractivity contribution in [3.05, 3.63) is 70.8 Å². The molecule has 5 rings (SSSR count). The average Bonchev–Trinajstić information content (AvgIpc) is 3.39. The van der Waals surface area contributed by atoms with Crippen LogP contribution in [0.25, 0.3) is 46.4 Å². The van der Waals surface area contributed by atoms with Crippen molar-refractivity contribution in [1.82, 2.24) is 19.9 Å². The number of H-pyrrole nitrogens is 2. The van der Waals surface area contributed by atoms with Crippen LogP contribution in [0, 0.1) is 0 Å². The van der Waals surface area contributed by atoms with Gasteiger partial charge in [0, 0.05) is 28.6 Å². The van der Waals surface area contributed by atoms with E-state index >= 15 is 0 Å². The smallest absolute Gasteiger partial charge is 1.00 e. The zero-order chi connectivity index (χ0) is 17.5. The summed E-state index contributed by atoms with van der Waals surface area (Å²) in [5, 5.41) is 0. The minimum Gasteiger partial charge on any atom is -1.00 e. The molecule has 0 fully saturated rings. The molecule has 0 unspecified atom stereocenters. The largest absolute Gasteiger partial charge is 2.00 e. The van der Waals surface area contributed by atoms with Gasteiger partial charge in [0.25, 0.3) is 0 Å². The Labute approximate surface area is 305 Å². The van der Waals surface area contributed by atoms with Gasteiger partial charge < -0.3 is 118 Å². The summed E-state index contributed by atoms with van der Waals surface area (Å²) in [5.41, 5.74) is 14.6. The molecular weight excluding hydrogens is 998 g/mol. The summed E-state index contributed by atoms with van der Waals surface area (Å²) in [4.78, 5) is 16.1. The number of hydrogen-bond acceptors (Lipinski definition) is 3. The van der Waals surface area contributed by atoms with Crippen molar-refractivity contribution >= 4 is 46.4 Å². The van der Waals surface area contributed by atoms with Gasteiger partial charge in [-0.15, -0.1) is 0 Å². The summed E-state index contributed by atoms with van der Waals surface area (Å²) in [7, 11) is 0. The van der Waals surface area contributed by atoms with Crippen LogP contribution in [0.5, 0.6) is 0 Å². The molecule has 2 aliphatic rings. The normalized spacial score (nSPS) is 9.40. The van der Waals surface area contributed by atoms with Crippen molar-refractivity contribution in [3.63, 3.8) is 0 Å². The molecule has 3 aromatic heterocycles. The molecule has 5 nitrogen and oxygen atoms in total. The number of halogens is 6. The summed E-state index contributed by atoms with van der Waals surface area (Å²) >= 11 is 0. The van der Waals surface area contributed by atoms with E-state index in [1.165, 1.54) is 0 Å². The van der Waals surface area contributed by atoms with Gasteiger partial charge in [-0.1, -0.05) is 0 Å². The predicted molar refractivity (Wildman–Crippen MR) is 107 cm³/mol. The van der Waals surface area contributed by atoms with Gasteiger partial charge in [0.15, 0.2) is 0 Å². The molecule has 35 heavy (non-hydrogen) atoms. The number of nitrogens with zero attached hydrogens (tertiary/aromatic N) is 2. The van der Waals surface area contributed by atoms with Crippen molar-refractivity contribution in [3.8, 4) is 0 Å². The van der Waals surface area contributed by atoms with Gasteiger partial charge in [0.2, 0.25) is 0 Å². The molecular formula is C21H17Br6N5Zn3. The molecule has 0 saturated heterocycles. The molecule has 0 amide bonds. The predicted octanol–water partition coefficient (Wildman–Crippen LogP) is -13.9. The van der Waals surface area contributed by atoms with Gasteiger partial charge in [-0.3, -0.25) is 0 Å². The second kappa shape index (κ2) is 21.2. The summed E-state index contributed by atoms with van der Waals surface area (Å²) < 4.78 is 0. The van der Waals surface area contributed by atoms with Crippen LogP contribution in [0.2, 0.25) is 0 Å². The van der Waals surface area contributed by atoms with E-state index < -0.39 is 0 Å². The molecule has 8 bridgehead atoms. The number of nitrogens with one attached hydrogen (secondary N) is 2. The Morgan fingerprint density at radius 2 is 0.943 bits per heavy atom. The molecule has 14 heteroatoms. The molecule has 4 N–H and O–H groups in total. The molecule has 0 saturated carbocycles. The molecule has 174 valence electrons. The first-order valence-electron chi connectivity index (χ1n) is 8.53. The van der Waals surface area contributed by atoms with Crippen LogP contribution in [0.3, 0.4) is 0 Å². The van der Waals surface area contributed by atoms with Crippen LogP contribution >= 0.6 is 0 Å². The monoisotopic (exact) mass is 1000 g/mol. The van der Waals surface area contributed by atoms with E-state index in [1.807, 2.05) is 60.7 Å². The van der Waals surface area contributed by atoms with Crippen molar-refractivity contribution in [1.29, 1.82) is 0 Å². The molecule has 0 aliphatic carbocycles. The Bertz CT molecular complexity index is 1260. The van der Waals surface area contributed by atoms with Gasteiger partial charge in [-0.05, 0) is 72.3 Å². The Morgan fingerprint density at radius 3 is 1.37 bits per heavy atom. The second-order valence-electron chi connectivity index (χ2n) is 6.40. The average molecular weight is 1010 g/mol. The summed E-state index contributed by atoms with van der Waals surface area (Å²) in [5.74, 6) is 0. The third-order valence-corrected chi connectivity index (χ3v) is 4.47. The summed E-state index contributed by atoms with van der Waals surface area (Å²) in [6.07, 6.45) is 8.04. The SMILES string of the molecule is NCc1cc2cc3nc(cc4ccc(cc5nc(cc1[nH]2)C=C5)[nH]4)C=C3.[Br-].[Br-].[Br-].[Br-].[Br-].[Br-].[Zn+2].[Zn+2].[Zn+2]. The molecule has 0 atom stereocenters. The van der Waals surface area contributed by atoms with Crippen molar-refractivity contribution in [2.45, 2.75) is 6.54 Å². The van der Waals surface area contributed by atoms with E-state index in [4.69, 9.17) is 5.73 Å². The topological polar surface area (TPSA) is 83.4 Å². The van der Waals surface area contributed by atoms with Gasteiger partial charge in [0.1, 0.15) is 0 Å². The Hall–Kier alpha value is 1.31. The van der Waals surface area contributed by atoms with Crippen LogP contribution in [0.4, 0.5) is 0 Å². The fourth-order valence-corrected chi connectivity index (χ4v) is 3.25. The molecule has 3 aromatic rings. The third-order valence-electron chi connectivity index (χ3n) is 4.47. The first kappa shape index (κ1) is 46.2. The molecule has 2 aliphatic heterocycles. The fraction of sp³-hybridized carbons (Fsp3) is 0.0476. The maximum absolute atomic E-state index is 5.92. The van der Waals surface area contributed by atoms with Crippen LogP contribution in [-0.2, 0) is 65.0 Å². The van der Waals surface area contributed by atoms with Crippen molar-refractivity contribution < 1.29 is 160 Å². The second-order valence-corrected chi connectivity index (χ2v) is 6.40. The number of fused-ring (bicyclic) bond motifs is 8. The van der Waals surface area contributed by atoms with Gasteiger partial charge in [-0.25, -0.2) is 9.97 Å². The summed E-state index contributed by atoms with van der Waals surface area (Å²) in [6.45, 7) is 0.467. The van der Waals surface area contributed by atoms with Crippen LogP contribution < -0.4 is 108 Å². The number of rotatable bonds is 1. The van der Waals surface area contributed by atoms with Crippen molar-refractivity contribution in [2.75, 3.05) is 0 Å².